The second kappa shape index (κ2) is 12.4. The summed E-state index contributed by atoms with van der Waals surface area (Å²) in [4.78, 5) is 16.1. The normalized spacial score (nSPS) is 12.6. The van der Waals surface area contributed by atoms with E-state index in [1.807, 2.05) is 25.5 Å². The highest BCUT2D eigenvalue weighted by Gasteiger charge is 2.22. The average Bonchev–Trinajstić information content (AvgIpc) is 3.11. The Morgan fingerprint density at radius 3 is 2.35 bits per heavy atom. The Kier molecular flexibility index (Phi) is 9.86. The molecular formula is C26H37N3O5. The Morgan fingerprint density at radius 2 is 1.79 bits per heavy atom. The summed E-state index contributed by atoms with van der Waals surface area (Å²) in [5, 5.41) is 4.65. The lowest BCUT2D eigenvalue weighted by Crippen LogP contribution is -2.15. The highest BCUT2D eigenvalue weighted by molar-refractivity contribution is 5.94. The maximum Gasteiger partial charge on any atom is 0.511 e. The van der Waals surface area contributed by atoms with E-state index in [4.69, 9.17) is 18.9 Å². The van der Waals surface area contributed by atoms with Gasteiger partial charge in [0.05, 0.1) is 12.3 Å². The molecule has 0 atom stereocenters. The largest absolute Gasteiger partial charge is 0.511 e. The molecule has 8 heteroatoms. The molecule has 1 aromatic heterocycles. The third-order valence-corrected chi connectivity index (χ3v) is 5.36. The van der Waals surface area contributed by atoms with Crippen LogP contribution in [0.1, 0.15) is 62.7 Å². The molecule has 1 aromatic carbocycles. The summed E-state index contributed by atoms with van der Waals surface area (Å²) < 4.78 is 22.9. The van der Waals surface area contributed by atoms with Crippen molar-refractivity contribution in [1.82, 2.24) is 9.78 Å². The summed E-state index contributed by atoms with van der Waals surface area (Å²) >= 11 is 0. The van der Waals surface area contributed by atoms with Gasteiger partial charge in [-0.15, -0.1) is 0 Å². The first-order valence-electron chi connectivity index (χ1n) is 11.4. The Hall–Kier alpha value is -3.13. The molecule has 0 amide bonds. The highest BCUT2D eigenvalue weighted by atomic mass is 16.8. The minimum Gasteiger partial charge on any atom is -0.455 e. The molecule has 0 saturated heterocycles. The van der Waals surface area contributed by atoms with Crippen molar-refractivity contribution in [1.29, 1.82) is 0 Å². The predicted octanol–water partition coefficient (Wildman–Crippen LogP) is 5.22. The van der Waals surface area contributed by atoms with E-state index in [0.717, 1.165) is 28.1 Å². The number of hydrogen-bond acceptors (Lipinski definition) is 7. The number of rotatable bonds is 10. The van der Waals surface area contributed by atoms with Gasteiger partial charge in [-0.05, 0) is 37.3 Å². The van der Waals surface area contributed by atoms with Crippen LogP contribution in [0.15, 0.2) is 29.3 Å². The maximum absolute atomic E-state index is 11.9. The second-order valence-electron chi connectivity index (χ2n) is 8.83. The minimum atomic E-state index is -0.820. The Balaban J connectivity index is 2.47. The van der Waals surface area contributed by atoms with Gasteiger partial charge in [0.2, 0.25) is 6.79 Å². The molecule has 0 unspecified atom stereocenters. The van der Waals surface area contributed by atoms with Crippen molar-refractivity contribution in [2.45, 2.75) is 53.5 Å². The van der Waals surface area contributed by atoms with Crippen LogP contribution in [0.5, 0.6) is 0 Å². The minimum absolute atomic E-state index is 0.0508. The van der Waals surface area contributed by atoms with Gasteiger partial charge in [0.15, 0.2) is 5.76 Å². The smallest absolute Gasteiger partial charge is 0.455 e. The van der Waals surface area contributed by atoms with Gasteiger partial charge in [0, 0.05) is 38.1 Å². The monoisotopic (exact) mass is 471 g/mol. The number of aliphatic imine (C=N–C) groups is 1. The number of carbonyl (C=O) groups excluding carboxylic acids is 1. The second-order valence-corrected chi connectivity index (χ2v) is 8.83. The maximum atomic E-state index is 11.9. The number of benzene rings is 1. The fraction of sp³-hybridized carbons (Fsp3) is 0.500. The number of nitrogens with zero attached hydrogens (tertiary/aromatic N) is 3. The first-order chi connectivity index (χ1) is 16.1. The number of aryl methyl sites for hydroxylation is 2. The van der Waals surface area contributed by atoms with E-state index < -0.39 is 6.16 Å². The zero-order valence-corrected chi connectivity index (χ0v) is 21.6. The average molecular weight is 472 g/mol. The van der Waals surface area contributed by atoms with E-state index in [-0.39, 0.29) is 18.8 Å². The Bertz CT molecular complexity index is 1010. The van der Waals surface area contributed by atoms with Crippen LogP contribution < -0.4 is 0 Å². The number of allylic oxidation sites excluding steroid dienone is 1. The SMILES string of the molecule is CCn1nc(C)c(/C=N\C)c1/C(OCOC(=O)OCCOC)=C(\C)c1ccc(C(C)(C)C)cc1. The van der Waals surface area contributed by atoms with Crippen molar-refractivity contribution in [2.24, 2.45) is 4.99 Å². The zero-order valence-electron chi connectivity index (χ0n) is 21.6. The summed E-state index contributed by atoms with van der Waals surface area (Å²) in [5.74, 6) is 0.561. The summed E-state index contributed by atoms with van der Waals surface area (Å²) in [5.41, 5.74) is 5.63. The number of aromatic nitrogens is 2. The number of ether oxygens (including phenoxy) is 4. The van der Waals surface area contributed by atoms with Crippen LogP contribution in [0.2, 0.25) is 0 Å². The molecule has 0 N–H and O–H groups in total. The van der Waals surface area contributed by atoms with Crippen LogP contribution >= 0.6 is 0 Å². The molecule has 2 rings (SSSR count). The highest BCUT2D eigenvalue weighted by Crippen LogP contribution is 2.32. The lowest BCUT2D eigenvalue weighted by Gasteiger charge is -2.20. The molecule has 0 radical (unpaired) electrons. The lowest BCUT2D eigenvalue weighted by molar-refractivity contribution is -0.0131. The fourth-order valence-electron chi connectivity index (χ4n) is 3.44. The lowest BCUT2D eigenvalue weighted by atomic mass is 9.86. The van der Waals surface area contributed by atoms with Gasteiger partial charge in [-0.1, -0.05) is 45.0 Å². The van der Waals surface area contributed by atoms with Crippen molar-refractivity contribution in [2.75, 3.05) is 34.2 Å². The van der Waals surface area contributed by atoms with E-state index in [1.165, 1.54) is 12.7 Å². The number of hydrogen-bond donors (Lipinski definition) is 0. The summed E-state index contributed by atoms with van der Waals surface area (Å²) in [7, 11) is 3.25. The summed E-state index contributed by atoms with van der Waals surface area (Å²) in [6, 6.07) is 8.40. The van der Waals surface area contributed by atoms with E-state index in [0.29, 0.717) is 18.9 Å². The van der Waals surface area contributed by atoms with Gasteiger partial charge in [-0.25, -0.2) is 4.79 Å². The van der Waals surface area contributed by atoms with E-state index in [9.17, 15) is 4.79 Å². The first-order valence-corrected chi connectivity index (χ1v) is 11.4. The Morgan fingerprint density at radius 1 is 1.12 bits per heavy atom. The standard InChI is InChI=1S/C26H37N3O5/c1-9-29-23(22(16-27-7)19(3)28-29)24(33-17-34-25(30)32-15-14-31-8)18(2)20-10-12-21(13-11-20)26(4,5)6/h10-13,16H,9,14-15,17H2,1-8H3/b24-18-,27-16-. The number of methoxy groups -OCH3 is 1. The molecule has 0 aliphatic rings. The van der Waals surface area contributed by atoms with Gasteiger partial charge >= 0.3 is 6.16 Å². The quantitative estimate of drug-likeness (QED) is 0.155. The molecule has 0 fully saturated rings. The van der Waals surface area contributed by atoms with Crippen LogP contribution in [-0.4, -0.2) is 56.3 Å². The topological polar surface area (TPSA) is 84.2 Å². The van der Waals surface area contributed by atoms with Gasteiger partial charge in [0.25, 0.3) is 0 Å². The molecule has 0 bridgehead atoms. The molecular weight excluding hydrogens is 434 g/mol. The van der Waals surface area contributed by atoms with Crippen LogP contribution in [-0.2, 0) is 30.9 Å². The summed E-state index contributed by atoms with van der Waals surface area (Å²) in [6.07, 6.45) is 0.947. The van der Waals surface area contributed by atoms with Gasteiger partial charge in [0.1, 0.15) is 12.3 Å². The van der Waals surface area contributed by atoms with Crippen molar-refractivity contribution in [3.63, 3.8) is 0 Å². The molecule has 0 aliphatic heterocycles. The van der Waals surface area contributed by atoms with Gasteiger partial charge in [-0.2, -0.15) is 5.10 Å². The first kappa shape index (κ1) is 27.1. The van der Waals surface area contributed by atoms with Crippen molar-refractivity contribution in [3.05, 3.63) is 52.3 Å². The van der Waals surface area contributed by atoms with Crippen molar-refractivity contribution in [3.8, 4) is 0 Å². The van der Waals surface area contributed by atoms with Crippen molar-refractivity contribution >= 4 is 23.7 Å². The van der Waals surface area contributed by atoms with Crippen LogP contribution in [0.4, 0.5) is 4.79 Å². The Labute approximate surface area is 202 Å². The third-order valence-electron chi connectivity index (χ3n) is 5.36. The van der Waals surface area contributed by atoms with Crippen LogP contribution in [0.25, 0.3) is 11.3 Å². The van der Waals surface area contributed by atoms with Crippen LogP contribution in [0.3, 0.4) is 0 Å². The third kappa shape index (κ3) is 6.93. The van der Waals surface area contributed by atoms with Crippen LogP contribution in [0, 0.1) is 6.92 Å². The molecule has 34 heavy (non-hydrogen) atoms. The van der Waals surface area contributed by atoms with E-state index in [1.54, 1.807) is 13.3 Å². The molecule has 186 valence electrons. The van der Waals surface area contributed by atoms with Crippen molar-refractivity contribution < 1.29 is 23.7 Å². The molecule has 0 spiro atoms. The molecule has 2 aromatic rings. The molecule has 0 aliphatic carbocycles. The van der Waals surface area contributed by atoms with E-state index in [2.05, 4.69) is 55.1 Å². The van der Waals surface area contributed by atoms with E-state index >= 15 is 0 Å². The van der Waals surface area contributed by atoms with Gasteiger partial charge in [-0.3, -0.25) is 9.67 Å². The molecule has 8 nitrogen and oxygen atoms in total. The molecule has 0 saturated carbocycles. The summed E-state index contributed by atoms with van der Waals surface area (Å²) in [6.45, 7) is 13.2. The fourth-order valence-corrected chi connectivity index (χ4v) is 3.44. The number of carbonyl (C=O) groups is 1. The molecule has 1 heterocycles. The van der Waals surface area contributed by atoms with Gasteiger partial charge < -0.3 is 18.9 Å². The predicted molar refractivity (Wildman–Crippen MR) is 134 cm³/mol. The zero-order chi connectivity index (χ0) is 25.3.